The van der Waals surface area contributed by atoms with E-state index in [-0.39, 0.29) is 17.7 Å². The molecule has 1 amide bonds. The van der Waals surface area contributed by atoms with E-state index in [0.717, 1.165) is 37.2 Å². The lowest BCUT2D eigenvalue weighted by Gasteiger charge is -2.35. The van der Waals surface area contributed by atoms with Gasteiger partial charge in [-0.3, -0.25) is 4.79 Å². The zero-order chi connectivity index (χ0) is 16.1. The molecule has 22 heavy (non-hydrogen) atoms. The minimum absolute atomic E-state index is 0.0766. The monoisotopic (exact) mass is 341 g/mol. The molecule has 2 atom stereocenters. The quantitative estimate of drug-likeness (QED) is 0.889. The Balaban J connectivity index is 1.89. The standard InChI is InChI=1S/C17H24ClNO2S/c1-12(11-22-2)17(21)19-9-7-14(8-10-19)16(20)13-3-5-15(18)6-4-13/h3-6,12,14,16,20H,7-11H2,1-2H3. The molecule has 0 saturated carbocycles. The van der Waals surface area contributed by atoms with Crippen molar-refractivity contribution in [3.05, 3.63) is 34.9 Å². The Labute approximate surface area is 142 Å². The number of nitrogens with zero attached hydrogens (tertiary/aromatic N) is 1. The molecule has 1 aromatic rings. The van der Waals surface area contributed by atoms with Crippen LogP contribution in [-0.2, 0) is 4.79 Å². The summed E-state index contributed by atoms with van der Waals surface area (Å²) in [5.74, 6) is 1.40. The summed E-state index contributed by atoms with van der Waals surface area (Å²) in [4.78, 5) is 14.3. The second-order valence-electron chi connectivity index (χ2n) is 6.02. The highest BCUT2D eigenvalue weighted by Gasteiger charge is 2.29. The van der Waals surface area contributed by atoms with Gasteiger partial charge in [-0.2, -0.15) is 11.8 Å². The fourth-order valence-electron chi connectivity index (χ4n) is 3.00. The van der Waals surface area contributed by atoms with Gasteiger partial charge in [0.1, 0.15) is 0 Å². The van der Waals surface area contributed by atoms with E-state index in [4.69, 9.17) is 11.6 Å². The molecule has 0 spiro atoms. The summed E-state index contributed by atoms with van der Waals surface area (Å²) in [6.07, 6.45) is 3.25. The predicted octanol–water partition coefficient (Wildman–Crippen LogP) is 3.61. The first-order valence-corrected chi connectivity index (χ1v) is 9.51. The Morgan fingerprint density at radius 3 is 2.50 bits per heavy atom. The van der Waals surface area contributed by atoms with Crippen molar-refractivity contribution in [2.75, 3.05) is 25.1 Å². The van der Waals surface area contributed by atoms with Crippen LogP contribution in [0.15, 0.2) is 24.3 Å². The van der Waals surface area contributed by atoms with E-state index >= 15 is 0 Å². The second kappa shape index (κ2) is 8.23. The number of carbonyl (C=O) groups is 1. The molecule has 1 heterocycles. The number of hydrogen-bond acceptors (Lipinski definition) is 3. The van der Waals surface area contributed by atoms with E-state index in [1.54, 1.807) is 11.8 Å². The van der Waals surface area contributed by atoms with Crippen LogP contribution in [-0.4, -0.2) is 41.0 Å². The van der Waals surface area contributed by atoms with Crippen LogP contribution >= 0.6 is 23.4 Å². The van der Waals surface area contributed by atoms with Crippen molar-refractivity contribution in [2.45, 2.75) is 25.9 Å². The fourth-order valence-corrected chi connectivity index (χ4v) is 3.77. The Morgan fingerprint density at radius 1 is 1.36 bits per heavy atom. The molecule has 5 heteroatoms. The van der Waals surface area contributed by atoms with Crippen molar-refractivity contribution in [1.82, 2.24) is 4.90 Å². The Morgan fingerprint density at radius 2 is 1.95 bits per heavy atom. The summed E-state index contributed by atoms with van der Waals surface area (Å²) in [6, 6.07) is 7.38. The molecule has 0 bridgehead atoms. The van der Waals surface area contributed by atoms with E-state index in [1.165, 1.54) is 0 Å². The number of aliphatic hydroxyl groups excluding tert-OH is 1. The first-order valence-electron chi connectivity index (χ1n) is 7.74. The summed E-state index contributed by atoms with van der Waals surface area (Å²) in [5.41, 5.74) is 0.907. The highest BCUT2D eigenvalue weighted by Crippen LogP contribution is 2.31. The summed E-state index contributed by atoms with van der Waals surface area (Å²) in [7, 11) is 0. The normalized spacial score (nSPS) is 19.0. The lowest BCUT2D eigenvalue weighted by molar-refractivity contribution is -0.136. The Kier molecular flexibility index (Phi) is 6.60. The SMILES string of the molecule is CSCC(C)C(=O)N1CCC(C(O)c2ccc(Cl)cc2)CC1. The van der Waals surface area contributed by atoms with Crippen molar-refractivity contribution >= 4 is 29.3 Å². The fraction of sp³-hybridized carbons (Fsp3) is 0.588. The van der Waals surface area contributed by atoms with Crippen LogP contribution in [0.5, 0.6) is 0 Å². The molecule has 0 radical (unpaired) electrons. The molecule has 2 unspecified atom stereocenters. The molecular weight excluding hydrogens is 318 g/mol. The Bertz CT molecular complexity index is 486. The maximum absolute atomic E-state index is 12.3. The zero-order valence-corrected chi connectivity index (χ0v) is 14.7. The highest BCUT2D eigenvalue weighted by atomic mass is 35.5. The Hall–Kier alpha value is -0.710. The maximum Gasteiger partial charge on any atom is 0.226 e. The second-order valence-corrected chi connectivity index (χ2v) is 7.36. The molecule has 122 valence electrons. The van der Waals surface area contributed by atoms with E-state index < -0.39 is 6.10 Å². The number of hydrogen-bond donors (Lipinski definition) is 1. The smallest absolute Gasteiger partial charge is 0.226 e. The lowest BCUT2D eigenvalue weighted by atomic mass is 9.87. The van der Waals surface area contributed by atoms with Gasteiger partial charge in [0.25, 0.3) is 0 Å². The van der Waals surface area contributed by atoms with Crippen LogP contribution < -0.4 is 0 Å². The van der Waals surface area contributed by atoms with Gasteiger partial charge >= 0.3 is 0 Å². The number of piperidine rings is 1. The number of aliphatic hydroxyl groups is 1. The van der Waals surface area contributed by atoms with E-state index in [2.05, 4.69) is 0 Å². The van der Waals surface area contributed by atoms with Gasteiger partial charge in [0.2, 0.25) is 5.91 Å². The van der Waals surface area contributed by atoms with Crippen molar-refractivity contribution < 1.29 is 9.90 Å². The van der Waals surface area contributed by atoms with Gasteiger partial charge in [-0.1, -0.05) is 30.7 Å². The van der Waals surface area contributed by atoms with Crippen LogP contribution in [0.2, 0.25) is 5.02 Å². The number of benzene rings is 1. The third-order valence-corrected chi connectivity index (χ3v) is 5.43. The maximum atomic E-state index is 12.3. The zero-order valence-electron chi connectivity index (χ0n) is 13.2. The molecule has 0 aliphatic carbocycles. The average molecular weight is 342 g/mol. The van der Waals surface area contributed by atoms with Crippen LogP contribution in [0.4, 0.5) is 0 Å². The third-order valence-electron chi connectivity index (χ3n) is 4.35. The van der Waals surface area contributed by atoms with Gasteiger partial charge in [-0.25, -0.2) is 0 Å². The minimum atomic E-state index is -0.474. The van der Waals surface area contributed by atoms with E-state index in [9.17, 15) is 9.90 Å². The van der Waals surface area contributed by atoms with Crippen LogP contribution in [0.25, 0.3) is 0 Å². The summed E-state index contributed by atoms with van der Waals surface area (Å²) in [6.45, 7) is 3.48. The lowest BCUT2D eigenvalue weighted by Crippen LogP contribution is -2.42. The van der Waals surface area contributed by atoms with Crippen LogP contribution in [0, 0.1) is 11.8 Å². The van der Waals surface area contributed by atoms with Gasteiger partial charge in [-0.15, -0.1) is 0 Å². The average Bonchev–Trinajstić information content (AvgIpc) is 2.54. The van der Waals surface area contributed by atoms with Crippen molar-refractivity contribution in [2.24, 2.45) is 11.8 Å². The number of halogens is 1. The summed E-state index contributed by atoms with van der Waals surface area (Å²) in [5, 5.41) is 11.2. The predicted molar refractivity (Wildman–Crippen MR) is 93.3 cm³/mol. The van der Waals surface area contributed by atoms with E-state index in [1.807, 2.05) is 42.3 Å². The topological polar surface area (TPSA) is 40.5 Å². The van der Waals surface area contributed by atoms with Crippen molar-refractivity contribution in [3.63, 3.8) is 0 Å². The molecule has 1 saturated heterocycles. The first-order chi connectivity index (χ1) is 10.5. The number of likely N-dealkylation sites (tertiary alicyclic amines) is 1. The molecule has 3 nitrogen and oxygen atoms in total. The number of carbonyl (C=O) groups excluding carboxylic acids is 1. The largest absolute Gasteiger partial charge is 0.388 e. The summed E-state index contributed by atoms with van der Waals surface area (Å²) >= 11 is 7.59. The first kappa shape index (κ1) is 17.6. The molecule has 1 aromatic carbocycles. The number of thioether (sulfide) groups is 1. The van der Waals surface area contributed by atoms with E-state index in [0.29, 0.717) is 5.02 Å². The molecule has 2 rings (SSSR count). The minimum Gasteiger partial charge on any atom is -0.388 e. The van der Waals surface area contributed by atoms with Gasteiger partial charge in [0.15, 0.2) is 0 Å². The molecule has 0 aromatic heterocycles. The van der Waals surface area contributed by atoms with Crippen molar-refractivity contribution in [1.29, 1.82) is 0 Å². The third kappa shape index (κ3) is 4.40. The van der Waals surface area contributed by atoms with Gasteiger partial charge < -0.3 is 10.0 Å². The molecule has 1 fully saturated rings. The molecule has 1 N–H and O–H groups in total. The number of rotatable bonds is 5. The molecule has 1 aliphatic heterocycles. The number of amides is 1. The summed E-state index contributed by atoms with van der Waals surface area (Å²) < 4.78 is 0. The van der Waals surface area contributed by atoms with Gasteiger partial charge in [0.05, 0.1) is 6.10 Å². The van der Waals surface area contributed by atoms with Gasteiger partial charge in [0, 0.05) is 29.8 Å². The van der Waals surface area contributed by atoms with Crippen LogP contribution in [0.1, 0.15) is 31.4 Å². The van der Waals surface area contributed by atoms with Gasteiger partial charge in [-0.05, 0) is 42.7 Å². The molecular formula is C17H24ClNO2S. The van der Waals surface area contributed by atoms with Crippen molar-refractivity contribution in [3.8, 4) is 0 Å². The highest BCUT2D eigenvalue weighted by molar-refractivity contribution is 7.98. The van der Waals surface area contributed by atoms with Crippen LogP contribution in [0.3, 0.4) is 0 Å². The molecule has 1 aliphatic rings.